The number of nitrogens with one attached hydrogen (secondary N) is 2. The van der Waals surface area contributed by atoms with E-state index in [9.17, 15) is 9.59 Å². The molecule has 2 aromatic rings. The van der Waals surface area contributed by atoms with Crippen molar-refractivity contribution in [3.05, 3.63) is 59.2 Å². The Labute approximate surface area is 162 Å². The van der Waals surface area contributed by atoms with Crippen molar-refractivity contribution in [3.63, 3.8) is 0 Å². The fourth-order valence-electron chi connectivity index (χ4n) is 2.75. The van der Waals surface area contributed by atoms with Crippen molar-refractivity contribution in [2.45, 2.75) is 13.2 Å². The van der Waals surface area contributed by atoms with E-state index in [1.165, 1.54) is 0 Å². The van der Waals surface area contributed by atoms with Gasteiger partial charge in [-0.15, -0.1) is 0 Å². The molecule has 3 N–H and O–H groups in total. The number of carbonyl (C=O) groups is 2. The molecule has 0 aliphatic carbocycles. The van der Waals surface area contributed by atoms with Crippen LogP contribution in [0.4, 0.5) is 10.5 Å². The predicted molar refractivity (Wildman–Crippen MR) is 102 cm³/mol. The van der Waals surface area contributed by atoms with Crippen molar-refractivity contribution < 1.29 is 28.9 Å². The molecule has 1 heterocycles. The maximum atomic E-state index is 11.4. The molecule has 1 aliphatic heterocycles. The van der Waals surface area contributed by atoms with Crippen LogP contribution in [0.15, 0.2) is 42.5 Å². The highest BCUT2D eigenvalue weighted by atomic mass is 16.5. The molecule has 0 saturated heterocycles. The molecule has 0 spiro atoms. The Morgan fingerprint density at radius 2 is 2.04 bits per heavy atom. The summed E-state index contributed by atoms with van der Waals surface area (Å²) >= 11 is 0. The molecule has 8 heteroatoms. The highest BCUT2D eigenvalue weighted by Gasteiger charge is 2.20. The van der Waals surface area contributed by atoms with Crippen LogP contribution in [0, 0.1) is 0 Å². The van der Waals surface area contributed by atoms with Crippen molar-refractivity contribution in [3.8, 4) is 5.75 Å². The number of hydrogen-bond acceptors (Lipinski definition) is 6. The number of cyclic esters (lactones) is 1. The van der Waals surface area contributed by atoms with Crippen molar-refractivity contribution >= 4 is 17.7 Å². The zero-order valence-electron chi connectivity index (χ0n) is 15.3. The van der Waals surface area contributed by atoms with Crippen LogP contribution in [0.5, 0.6) is 5.75 Å². The van der Waals surface area contributed by atoms with Gasteiger partial charge in [0.2, 0.25) is 0 Å². The summed E-state index contributed by atoms with van der Waals surface area (Å²) in [6.45, 7) is 2.53. The highest BCUT2D eigenvalue weighted by molar-refractivity contribution is 5.93. The Balaban J connectivity index is 1.30. The van der Waals surface area contributed by atoms with Crippen LogP contribution in [0.3, 0.4) is 0 Å². The number of ether oxygens (including phenoxy) is 3. The van der Waals surface area contributed by atoms with E-state index in [4.69, 9.17) is 19.3 Å². The topological polar surface area (TPSA) is 106 Å². The second-order valence-electron chi connectivity index (χ2n) is 6.14. The Morgan fingerprint density at radius 1 is 1.14 bits per heavy atom. The summed E-state index contributed by atoms with van der Waals surface area (Å²) in [6.07, 6.45) is -1.06. The van der Waals surface area contributed by atoms with Gasteiger partial charge in [-0.05, 0) is 35.9 Å². The molecule has 1 amide bonds. The Hall–Kier alpha value is -3.26. The number of rotatable bonds is 10. The zero-order valence-corrected chi connectivity index (χ0v) is 15.3. The van der Waals surface area contributed by atoms with E-state index in [1.807, 2.05) is 30.3 Å². The van der Waals surface area contributed by atoms with Crippen LogP contribution in [-0.2, 0) is 22.6 Å². The van der Waals surface area contributed by atoms with Gasteiger partial charge in [0.1, 0.15) is 19.0 Å². The first-order valence-corrected chi connectivity index (χ1v) is 8.92. The van der Waals surface area contributed by atoms with Gasteiger partial charge < -0.3 is 30.0 Å². The minimum Gasteiger partial charge on any atom is -0.491 e. The number of fused-ring (bicyclic) bond motifs is 1. The number of carbonyl (C=O) groups excluding carboxylic acids is 1. The number of benzene rings is 2. The first kappa shape index (κ1) is 19.5. The summed E-state index contributed by atoms with van der Waals surface area (Å²) in [5.41, 5.74) is 3.27. The SMILES string of the molecule is O=C(O)NCc1cccc(OCCOCCNc2ccc3c(c2)COC3=O)c1. The third-order valence-electron chi connectivity index (χ3n) is 4.10. The Bertz CT molecular complexity index is 839. The van der Waals surface area contributed by atoms with E-state index in [-0.39, 0.29) is 12.5 Å². The van der Waals surface area contributed by atoms with Gasteiger partial charge >= 0.3 is 12.1 Å². The summed E-state index contributed by atoms with van der Waals surface area (Å²) in [4.78, 5) is 21.9. The minimum atomic E-state index is -1.06. The quantitative estimate of drug-likeness (QED) is 0.426. The highest BCUT2D eigenvalue weighted by Crippen LogP contribution is 2.23. The molecule has 0 unspecified atom stereocenters. The first-order chi connectivity index (χ1) is 13.6. The first-order valence-electron chi connectivity index (χ1n) is 8.92. The second-order valence-corrected chi connectivity index (χ2v) is 6.14. The molecule has 28 heavy (non-hydrogen) atoms. The summed E-state index contributed by atoms with van der Waals surface area (Å²) in [6, 6.07) is 12.8. The van der Waals surface area contributed by atoms with Crippen LogP contribution >= 0.6 is 0 Å². The number of hydrogen-bond donors (Lipinski definition) is 3. The maximum absolute atomic E-state index is 11.4. The van der Waals surface area contributed by atoms with Gasteiger partial charge in [-0.3, -0.25) is 0 Å². The van der Waals surface area contributed by atoms with Gasteiger partial charge in [0, 0.05) is 24.3 Å². The summed E-state index contributed by atoms with van der Waals surface area (Å²) < 4.78 is 16.1. The number of amides is 1. The van der Waals surface area contributed by atoms with Gasteiger partial charge in [0.15, 0.2) is 0 Å². The van der Waals surface area contributed by atoms with E-state index < -0.39 is 6.09 Å². The van der Waals surface area contributed by atoms with E-state index in [2.05, 4.69) is 10.6 Å². The number of anilines is 1. The molecule has 0 bridgehead atoms. The summed E-state index contributed by atoms with van der Waals surface area (Å²) in [7, 11) is 0. The summed E-state index contributed by atoms with van der Waals surface area (Å²) in [5, 5.41) is 14.2. The van der Waals surface area contributed by atoms with Crippen LogP contribution in [-0.4, -0.2) is 43.5 Å². The third kappa shape index (κ3) is 5.62. The van der Waals surface area contributed by atoms with Gasteiger partial charge in [0.25, 0.3) is 0 Å². The predicted octanol–water partition coefficient (Wildman–Crippen LogP) is 2.63. The van der Waals surface area contributed by atoms with Crippen molar-refractivity contribution in [2.24, 2.45) is 0 Å². The fourth-order valence-corrected chi connectivity index (χ4v) is 2.75. The average Bonchev–Trinajstić information content (AvgIpc) is 3.06. The molecular formula is C20H22N2O6. The van der Waals surface area contributed by atoms with Crippen molar-refractivity contribution in [1.82, 2.24) is 5.32 Å². The number of esters is 1. The molecule has 0 saturated carbocycles. The Morgan fingerprint density at radius 3 is 2.89 bits per heavy atom. The molecular weight excluding hydrogens is 364 g/mol. The number of carboxylic acid groups (broad SMARTS) is 1. The lowest BCUT2D eigenvalue weighted by Gasteiger charge is -2.10. The van der Waals surface area contributed by atoms with Gasteiger partial charge in [-0.2, -0.15) is 0 Å². The zero-order chi connectivity index (χ0) is 19.8. The van der Waals surface area contributed by atoms with Crippen molar-refractivity contribution in [2.75, 3.05) is 31.7 Å². The lowest BCUT2D eigenvalue weighted by atomic mass is 10.1. The largest absolute Gasteiger partial charge is 0.491 e. The van der Waals surface area contributed by atoms with Crippen LogP contribution in [0.2, 0.25) is 0 Å². The molecule has 8 nitrogen and oxygen atoms in total. The van der Waals surface area contributed by atoms with E-state index in [1.54, 1.807) is 12.1 Å². The lowest BCUT2D eigenvalue weighted by Crippen LogP contribution is -2.19. The van der Waals surface area contributed by atoms with E-state index in [0.717, 1.165) is 16.8 Å². The second kappa shape index (κ2) is 9.61. The lowest BCUT2D eigenvalue weighted by molar-refractivity contribution is 0.0535. The molecule has 0 fully saturated rings. The van der Waals surface area contributed by atoms with Gasteiger partial charge in [-0.25, -0.2) is 9.59 Å². The van der Waals surface area contributed by atoms with Crippen LogP contribution < -0.4 is 15.4 Å². The molecule has 0 radical (unpaired) electrons. The van der Waals surface area contributed by atoms with Gasteiger partial charge in [0.05, 0.1) is 18.8 Å². The molecule has 0 aromatic heterocycles. The standard InChI is InChI=1S/C20H22N2O6/c23-19-18-5-4-16(11-15(18)13-28-19)21-6-7-26-8-9-27-17-3-1-2-14(10-17)12-22-20(24)25/h1-5,10-11,21-22H,6-9,12-13H2,(H,24,25). The average molecular weight is 386 g/mol. The molecule has 1 aliphatic rings. The van der Waals surface area contributed by atoms with Crippen molar-refractivity contribution in [1.29, 1.82) is 0 Å². The third-order valence-corrected chi connectivity index (χ3v) is 4.10. The fraction of sp³-hybridized carbons (Fsp3) is 0.300. The van der Waals surface area contributed by atoms with E-state index >= 15 is 0 Å². The molecule has 148 valence electrons. The summed E-state index contributed by atoms with van der Waals surface area (Å²) in [5.74, 6) is 0.398. The normalized spacial score (nSPS) is 12.2. The van der Waals surface area contributed by atoms with Gasteiger partial charge in [-0.1, -0.05) is 12.1 Å². The molecule has 0 atom stereocenters. The smallest absolute Gasteiger partial charge is 0.404 e. The monoisotopic (exact) mass is 386 g/mol. The Kier molecular flexibility index (Phi) is 6.69. The molecule has 2 aromatic carbocycles. The van der Waals surface area contributed by atoms with Crippen LogP contribution in [0.1, 0.15) is 21.5 Å². The minimum absolute atomic E-state index is 0.234. The molecule has 3 rings (SSSR count). The maximum Gasteiger partial charge on any atom is 0.404 e. The van der Waals surface area contributed by atoms with Crippen LogP contribution in [0.25, 0.3) is 0 Å². The van der Waals surface area contributed by atoms with E-state index in [0.29, 0.717) is 44.3 Å².